The Morgan fingerprint density at radius 3 is 2.60 bits per heavy atom. The van der Waals surface area contributed by atoms with E-state index >= 15 is 0 Å². The van der Waals surface area contributed by atoms with Crippen LogP contribution in [-0.4, -0.2) is 34.1 Å². The first-order valence-electron chi connectivity index (χ1n) is 7.37. The molecule has 4 nitrogen and oxygen atoms in total. The van der Waals surface area contributed by atoms with Crippen LogP contribution in [-0.2, 0) is 6.54 Å². The fraction of sp³-hybridized carbons (Fsp3) is 0.438. The zero-order valence-corrected chi connectivity index (χ0v) is 11.8. The summed E-state index contributed by atoms with van der Waals surface area (Å²) in [6, 6.07) is 10.1. The molecule has 2 heterocycles. The Labute approximate surface area is 120 Å². The minimum absolute atomic E-state index is 0.0997. The molecule has 2 N–H and O–H groups in total. The smallest absolute Gasteiger partial charge is 0.0949 e. The minimum Gasteiger partial charge on any atom is -0.332 e. The predicted octanol–water partition coefficient (Wildman–Crippen LogP) is 2.03. The Balaban J connectivity index is 1.69. The second kappa shape index (κ2) is 6.20. The van der Waals surface area contributed by atoms with E-state index in [-0.39, 0.29) is 6.04 Å². The SMILES string of the molecule is NC(c1ccccc1)c1cncn1CCN1CCCC1. The third-order valence-electron chi connectivity index (χ3n) is 4.08. The Kier molecular flexibility index (Phi) is 4.14. The molecule has 106 valence electrons. The van der Waals surface area contributed by atoms with Gasteiger partial charge in [-0.2, -0.15) is 0 Å². The van der Waals surface area contributed by atoms with Crippen LogP contribution < -0.4 is 5.73 Å². The highest BCUT2D eigenvalue weighted by Crippen LogP contribution is 2.19. The lowest BCUT2D eigenvalue weighted by atomic mass is 10.1. The molecular formula is C16H22N4. The van der Waals surface area contributed by atoms with Gasteiger partial charge in [-0.15, -0.1) is 0 Å². The van der Waals surface area contributed by atoms with Gasteiger partial charge in [-0.25, -0.2) is 4.98 Å². The fourth-order valence-electron chi connectivity index (χ4n) is 2.86. The first-order valence-corrected chi connectivity index (χ1v) is 7.37. The standard InChI is InChI=1S/C16H22N4/c17-16(14-6-2-1-3-7-14)15-12-18-13-20(15)11-10-19-8-4-5-9-19/h1-3,6-7,12-13,16H,4-5,8-11,17H2. The van der Waals surface area contributed by atoms with Gasteiger partial charge in [-0.05, 0) is 31.5 Å². The third kappa shape index (κ3) is 2.92. The average molecular weight is 270 g/mol. The van der Waals surface area contributed by atoms with Crippen LogP contribution in [0.2, 0.25) is 0 Å². The molecule has 4 heteroatoms. The van der Waals surface area contributed by atoms with Crippen LogP contribution >= 0.6 is 0 Å². The van der Waals surface area contributed by atoms with E-state index in [0.29, 0.717) is 0 Å². The Bertz CT molecular complexity index is 528. The molecule has 3 rings (SSSR count). The fourth-order valence-corrected chi connectivity index (χ4v) is 2.86. The van der Waals surface area contributed by atoms with Crippen LogP contribution in [0.3, 0.4) is 0 Å². The monoisotopic (exact) mass is 270 g/mol. The summed E-state index contributed by atoms with van der Waals surface area (Å²) in [6.07, 6.45) is 6.45. The quantitative estimate of drug-likeness (QED) is 0.904. The molecular weight excluding hydrogens is 248 g/mol. The van der Waals surface area contributed by atoms with E-state index < -0.39 is 0 Å². The lowest BCUT2D eigenvalue weighted by Crippen LogP contribution is -2.25. The van der Waals surface area contributed by atoms with Crippen LogP contribution in [0.5, 0.6) is 0 Å². The molecule has 1 fully saturated rings. The van der Waals surface area contributed by atoms with Gasteiger partial charge in [0.1, 0.15) is 0 Å². The molecule has 0 bridgehead atoms. The van der Waals surface area contributed by atoms with Crippen molar-refractivity contribution in [1.29, 1.82) is 0 Å². The van der Waals surface area contributed by atoms with E-state index in [9.17, 15) is 0 Å². The largest absolute Gasteiger partial charge is 0.332 e. The van der Waals surface area contributed by atoms with Crippen molar-refractivity contribution in [1.82, 2.24) is 14.5 Å². The average Bonchev–Trinajstić information content (AvgIpc) is 3.16. The number of benzene rings is 1. The van der Waals surface area contributed by atoms with Crippen molar-refractivity contribution in [3.63, 3.8) is 0 Å². The number of aromatic nitrogens is 2. The van der Waals surface area contributed by atoms with Gasteiger partial charge in [0, 0.05) is 13.1 Å². The molecule has 0 spiro atoms. The van der Waals surface area contributed by atoms with Crippen molar-refractivity contribution < 1.29 is 0 Å². The number of nitrogens with two attached hydrogens (primary N) is 1. The van der Waals surface area contributed by atoms with E-state index in [1.54, 1.807) is 0 Å². The summed E-state index contributed by atoms with van der Waals surface area (Å²) in [5, 5.41) is 0. The van der Waals surface area contributed by atoms with Gasteiger partial charge < -0.3 is 15.2 Å². The van der Waals surface area contributed by atoms with E-state index in [0.717, 1.165) is 24.3 Å². The van der Waals surface area contributed by atoms with Crippen molar-refractivity contribution >= 4 is 0 Å². The molecule has 1 aliphatic heterocycles. The highest BCUT2D eigenvalue weighted by molar-refractivity contribution is 5.26. The normalized spacial score (nSPS) is 17.4. The number of hydrogen-bond acceptors (Lipinski definition) is 3. The van der Waals surface area contributed by atoms with Gasteiger partial charge in [0.05, 0.1) is 24.3 Å². The van der Waals surface area contributed by atoms with Gasteiger partial charge in [0.25, 0.3) is 0 Å². The summed E-state index contributed by atoms with van der Waals surface area (Å²) in [4.78, 5) is 6.79. The predicted molar refractivity (Wildman–Crippen MR) is 80.4 cm³/mol. The number of hydrogen-bond donors (Lipinski definition) is 1. The van der Waals surface area contributed by atoms with Crippen molar-refractivity contribution in [2.75, 3.05) is 19.6 Å². The summed E-state index contributed by atoms with van der Waals surface area (Å²) in [5.74, 6) is 0. The van der Waals surface area contributed by atoms with E-state index in [2.05, 4.69) is 26.6 Å². The van der Waals surface area contributed by atoms with Crippen LogP contribution in [0.1, 0.15) is 30.1 Å². The lowest BCUT2D eigenvalue weighted by molar-refractivity contribution is 0.320. The van der Waals surface area contributed by atoms with Crippen LogP contribution in [0.25, 0.3) is 0 Å². The van der Waals surface area contributed by atoms with Crippen molar-refractivity contribution in [3.8, 4) is 0 Å². The van der Waals surface area contributed by atoms with Gasteiger partial charge in [-0.1, -0.05) is 30.3 Å². The molecule has 0 aliphatic carbocycles. The molecule has 20 heavy (non-hydrogen) atoms. The molecule has 1 aromatic carbocycles. The second-order valence-electron chi connectivity index (χ2n) is 5.45. The lowest BCUT2D eigenvalue weighted by Gasteiger charge is -2.18. The van der Waals surface area contributed by atoms with Gasteiger partial charge >= 0.3 is 0 Å². The molecule has 1 aliphatic rings. The second-order valence-corrected chi connectivity index (χ2v) is 5.45. The first kappa shape index (κ1) is 13.3. The number of nitrogens with zero attached hydrogens (tertiary/aromatic N) is 3. The van der Waals surface area contributed by atoms with Crippen molar-refractivity contribution in [2.45, 2.75) is 25.4 Å². The topological polar surface area (TPSA) is 47.1 Å². The molecule has 1 aromatic heterocycles. The maximum Gasteiger partial charge on any atom is 0.0949 e. The number of likely N-dealkylation sites (tertiary alicyclic amines) is 1. The van der Waals surface area contributed by atoms with Crippen LogP contribution in [0.4, 0.5) is 0 Å². The summed E-state index contributed by atoms with van der Waals surface area (Å²) in [6.45, 7) is 4.52. The molecule has 1 saturated heterocycles. The number of rotatable bonds is 5. The van der Waals surface area contributed by atoms with E-state index in [4.69, 9.17) is 5.73 Å². The van der Waals surface area contributed by atoms with Gasteiger partial charge in [0.2, 0.25) is 0 Å². The zero-order valence-electron chi connectivity index (χ0n) is 11.8. The van der Waals surface area contributed by atoms with Crippen molar-refractivity contribution in [2.24, 2.45) is 5.73 Å². The highest BCUT2D eigenvalue weighted by atomic mass is 15.2. The van der Waals surface area contributed by atoms with Gasteiger partial charge in [-0.3, -0.25) is 0 Å². The Morgan fingerprint density at radius 2 is 1.85 bits per heavy atom. The minimum atomic E-state index is -0.0997. The molecule has 0 amide bonds. The van der Waals surface area contributed by atoms with Crippen molar-refractivity contribution in [3.05, 3.63) is 54.1 Å². The maximum absolute atomic E-state index is 6.37. The van der Waals surface area contributed by atoms with Gasteiger partial charge in [0.15, 0.2) is 0 Å². The summed E-state index contributed by atoms with van der Waals surface area (Å²) in [5.41, 5.74) is 8.60. The molecule has 1 atom stereocenters. The highest BCUT2D eigenvalue weighted by Gasteiger charge is 2.15. The van der Waals surface area contributed by atoms with Crippen LogP contribution in [0.15, 0.2) is 42.9 Å². The Hall–Kier alpha value is -1.65. The zero-order chi connectivity index (χ0) is 13.8. The number of imidazole rings is 1. The Morgan fingerprint density at radius 1 is 1.10 bits per heavy atom. The maximum atomic E-state index is 6.37. The van der Waals surface area contributed by atoms with E-state index in [1.165, 1.54) is 25.9 Å². The molecule has 0 radical (unpaired) electrons. The summed E-state index contributed by atoms with van der Waals surface area (Å²) in [7, 11) is 0. The summed E-state index contributed by atoms with van der Waals surface area (Å²) < 4.78 is 2.19. The van der Waals surface area contributed by atoms with E-state index in [1.807, 2.05) is 30.7 Å². The third-order valence-corrected chi connectivity index (χ3v) is 4.08. The molecule has 0 saturated carbocycles. The molecule has 1 unspecified atom stereocenters. The first-order chi connectivity index (χ1) is 9.84. The molecule has 2 aromatic rings. The van der Waals surface area contributed by atoms with Crippen LogP contribution in [0, 0.1) is 0 Å². The summed E-state index contributed by atoms with van der Waals surface area (Å²) >= 11 is 0.